The minimum Gasteiger partial charge on any atom is -0.371 e. The zero-order valence-electron chi connectivity index (χ0n) is 27.2. The van der Waals surface area contributed by atoms with Gasteiger partial charge in [-0.15, -0.1) is 0 Å². The summed E-state index contributed by atoms with van der Waals surface area (Å²) in [6, 6.07) is 27.4. The zero-order valence-corrected chi connectivity index (χ0v) is 28.0. The molecule has 0 aromatic heterocycles. The SMILES string of the molecule is Cc1cc(C(c2ccc(N(CCCC#N)CCCC#N)c(C)c2)c2ccccc2S(=O)(=O)O)ccc1N(CCCC#N)CCCC#N. The second-order valence-electron chi connectivity index (χ2n) is 11.6. The van der Waals surface area contributed by atoms with Crippen molar-refractivity contribution in [1.29, 1.82) is 21.0 Å². The minimum absolute atomic E-state index is 0.155. The van der Waals surface area contributed by atoms with E-state index in [1.165, 1.54) is 6.07 Å². The normalized spacial score (nSPS) is 10.9. The van der Waals surface area contributed by atoms with Crippen molar-refractivity contribution in [2.45, 2.75) is 76.0 Å². The standard InChI is InChI=1S/C37H42N6O3S/c1-29-27-31(15-17-34(29)42(23-9-5-19-38)24-10-6-20-39)37(33-13-3-4-14-36(33)47(44,45)46)32-16-18-35(30(2)28-32)43(25-11-7-21-40)26-12-8-22-41/h3-4,13-18,27-28,37H,5-12,23-26H2,1-2H3,(H,44,45,46). The number of nitrogens with zero attached hydrogens (tertiary/aromatic N) is 6. The monoisotopic (exact) mass is 650 g/mol. The molecule has 0 bridgehead atoms. The second kappa shape index (κ2) is 18.3. The van der Waals surface area contributed by atoms with Gasteiger partial charge in [0.1, 0.15) is 0 Å². The third-order valence-electron chi connectivity index (χ3n) is 8.16. The molecule has 0 heterocycles. The maximum Gasteiger partial charge on any atom is 0.294 e. The molecule has 0 unspecified atom stereocenters. The largest absolute Gasteiger partial charge is 0.371 e. The van der Waals surface area contributed by atoms with Crippen LogP contribution in [0.4, 0.5) is 11.4 Å². The van der Waals surface area contributed by atoms with E-state index in [0.717, 1.165) is 33.6 Å². The molecule has 0 saturated carbocycles. The predicted octanol–water partition coefficient (Wildman–Crippen LogP) is 7.56. The van der Waals surface area contributed by atoms with Gasteiger partial charge in [0.25, 0.3) is 10.1 Å². The van der Waals surface area contributed by atoms with Crippen molar-refractivity contribution in [2.24, 2.45) is 0 Å². The van der Waals surface area contributed by atoms with Crippen molar-refractivity contribution in [3.8, 4) is 24.3 Å². The first-order valence-electron chi connectivity index (χ1n) is 15.9. The van der Waals surface area contributed by atoms with Crippen LogP contribution in [-0.2, 0) is 10.1 Å². The molecular weight excluding hydrogens is 609 g/mol. The lowest BCUT2D eigenvalue weighted by Gasteiger charge is -2.29. The van der Waals surface area contributed by atoms with E-state index < -0.39 is 16.0 Å². The average Bonchev–Trinajstić information content (AvgIpc) is 3.04. The molecule has 0 aliphatic rings. The van der Waals surface area contributed by atoms with Crippen LogP contribution in [0, 0.1) is 59.2 Å². The highest BCUT2D eigenvalue weighted by molar-refractivity contribution is 7.85. The van der Waals surface area contributed by atoms with Gasteiger partial charge < -0.3 is 9.80 Å². The highest BCUT2D eigenvalue weighted by Gasteiger charge is 2.26. The van der Waals surface area contributed by atoms with E-state index in [1.54, 1.807) is 18.2 Å². The average molecular weight is 651 g/mol. The molecule has 9 nitrogen and oxygen atoms in total. The topological polar surface area (TPSA) is 156 Å². The molecule has 3 aromatic rings. The van der Waals surface area contributed by atoms with E-state index >= 15 is 0 Å². The summed E-state index contributed by atoms with van der Waals surface area (Å²) >= 11 is 0. The van der Waals surface area contributed by atoms with Crippen LogP contribution in [0.3, 0.4) is 0 Å². The molecule has 0 aliphatic heterocycles. The highest BCUT2D eigenvalue weighted by atomic mass is 32.2. The van der Waals surface area contributed by atoms with Gasteiger partial charge in [0.15, 0.2) is 0 Å². The fourth-order valence-electron chi connectivity index (χ4n) is 6.03. The Morgan fingerprint density at radius 3 is 1.36 bits per heavy atom. The van der Waals surface area contributed by atoms with Crippen LogP contribution in [-0.4, -0.2) is 39.1 Å². The maximum atomic E-state index is 12.6. The van der Waals surface area contributed by atoms with Gasteiger partial charge in [-0.3, -0.25) is 4.55 Å². The van der Waals surface area contributed by atoms with Crippen LogP contribution in [0.25, 0.3) is 0 Å². The van der Waals surface area contributed by atoms with Gasteiger partial charge in [0.05, 0.1) is 29.2 Å². The van der Waals surface area contributed by atoms with Gasteiger partial charge in [-0.25, -0.2) is 0 Å². The number of hydrogen-bond donors (Lipinski definition) is 1. The lowest BCUT2D eigenvalue weighted by molar-refractivity contribution is 0.482. The number of aryl methyl sites for hydroxylation is 2. The lowest BCUT2D eigenvalue weighted by atomic mass is 9.83. The van der Waals surface area contributed by atoms with Crippen molar-refractivity contribution in [3.63, 3.8) is 0 Å². The quantitative estimate of drug-likeness (QED) is 0.0833. The first-order chi connectivity index (χ1) is 22.7. The Labute approximate surface area is 279 Å². The zero-order chi connectivity index (χ0) is 34.2. The molecule has 0 aliphatic carbocycles. The summed E-state index contributed by atoms with van der Waals surface area (Å²) in [4.78, 5) is 4.24. The number of nitriles is 4. The molecule has 0 radical (unpaired) electrons. The van der Waals surface area contributed by atoms with Gasteiger partial charge in [-0.05, 0) is 85.5 Å². The van der Waals surface area contributed by atoms with Crippen molar-refractivity contribution < 1.29 is 13.0 Å². The van der Waals surface area contributed by atoms with Crippen molar-refractivity contribution in [2.75, 3.05) is 36.0 Å². The van der Waals surface area contributed by atoms with E-state index in [0.29, 0.717) is 83.1 Å². The number of hydrogen-bond acceptors (Lipinski definition) is 8. The molecular formula is C37H42N6O3S. The van der Waals surface area contributed by atoms with E-state index in [4.69, 9.17) is 21.0 Å². The van der Waals surface area contributed by atoms with Crippen LogP contribution in [0.1, 0.15) is 85.1 Å². The Kier molecular flexibility index (Phi) is 14.3. The fraction of sp³-hybridized carbons (Fsp3) is 0.405. The van der Waals surface area contributed by atoms with Gasteiger partial charge in [-0.2, -0.15) is 29.5 Å². The molecule has 3 rings (SSSR count). The third-order valence-corrected chi connectivity index (χ3v) is 9.09. The summed E-state index contributed by atoms with van der Waals surface area (Å²) in [5.41, 5.74) is 6.08. The second-order valence-corrected chi connectivity index (χ2v) is 12.9. The van der Waals surface area contributed by atoms with Crippen molar-refractivity contribution >= 4 is 21.5 Å². The van der Waals surface area contributed by atoms with Crippen molar-refractivity contribution in [1.82, 2.24) is 0 Å². The first kappa shape index (κ1) is 36.6. The molecule has 0 atom stereocenters. The van der Waals surface area contributed by atoms with Gasteiger partial charge in [0, 0.05) is 69.2 Å². The maximum absolute atomic E-state index is 12.6. The van der Waals surface area contributed by atoms with Crippen LogP contribution < -0.4 is 9.80 Å². The Bertz CT molecular complexity index is 1650. The Hall–Kier alpha value is -4.87. The summed E-state index contributed by atoms with van der Waals surface area (Å²) in [6.45, 7) is 6.70. The molecule has 0 spiro atoms. The Balaban J connectivity index is 2.14. The summed E-state index contributed by atoms with van der Waals surface area (Å²) in [5.74, 6) is -0.523. The summed E-state index contributed by atoms with van der Waals surface area (Å²) in [5, 5.41) is 36.3. The lowest BCUT2D eigenvalue weighted by Crippen LogP contribution is -2.26. The van der Waals surface area contributed by atoms with Gasteiger partial charge >= 0.3 is 0 Å². The molecule has 0 amide bonds. The molecule has 244 valence electrons. The number of benzene rings is 3. The first-order valence-corrected chi connectivity index (χ1v) is 17.4. The van der Waals surface area contributed by atoms with E-state index in [-0.39, 0.29) is 4.90 Å². The fourth-order valence-corrected chi connectivity index (χ4v) is 6.77. The molecule has 0 saturated heterocycles. The van der Waals surface area contributed by atoms with Crippen molar-refractivity contribution in [3.05, 3.63) is 88.5 Å². The smallest absolute Gasteiger partial charge is 0.294 e. The number of unbranched alkanes of at least 4 members (excludes halogenated alkanes) is 4. The summed E-state index contributed by atoms with van der Waals surface area (Å²) in [7, 11) is -4.53. The minimum atomic E-state index is -4.53. The molecule has 0 fully saturated rings. The summed E-state index contributed by atoms with van der Waals surface area (Å²) in [6.07, 6.45) is 4.53. The van der Waals surface area contributed by atoms with Crippen LogP contribution in [0.2, 0.25) is 0 Å². The van der Waals surface area contributed by atoms with Crippen LogP contribution >= 0.6 is 0 Å². The Morgan fingerprint density at radius 1 is 0.638 bits per heavy atom. The van der Waals surface area contributed by atoms with Gasteiger partial charge in [0.2, 0.25) is 0 Å². The summed E-state index contributed by atoms with van der Waals surface area (Å²) < 4.78 is 35.4. The van der Waals surface area contributed by atoms with E-state index in [2.05, 4.69) is 34.1 Å². The molecule has 3 aromatic carbocycles. The molecule has 10 heteroatoms. The number of anilines is 2. The highest BCUT2D eigenvalue weighted by Crippen LogP contribution is 2.39. The van der Waals surface area contributed by atoms with Crippen LogP contribution in [0.15, 0.2) is 65.6 Å². The molecule has 47 heavy (non-hydrogen) atoms. The van der Waals surface area contributed by atoms with Gasteiger partial charge in [-0.1, -0.05) is 42.5 Å². The van der Waals surface area contributed by atoms with E-state index in [1.807, 2.05) is 50.2 Å². The predicted molar refractivity (Wildman–Crippen MR) is 183 cm³/mol. The molecule has 1 N–H and O–H groups in total. The number of rotatable bonds is 18. The third kappa shape index (κ3) is 10.3. The van der Waals surface area contributed by atoms with E-state index in [9.17, 15) is 13.0 Å². The Morgan fingerprint density at radius 2 is 1.02 bits per heavy atom. The van der Waals surface area contributed by atoms with Crippen LogP contribution in [0.5, 0.6) is 0 Å².